The van der Waals surface area contributed by atoms with E-state index in [0.717, 1.165) is 6.61 Å². The van der Waals surface area contributed by atoms with Gasteiger partial charge >= 0.3 is 177 Å². The topological polar surface area (TPSA) is 19.0 Å². The molecule has 0 fully saturated rings. The summed E-state index contributed by atoms with van der Waals surface area (Å²) < 4.78 is 15.7. The molecule has 0 aliphatic carbocycles. The summed E-state index contributed by atoms with van der Waals surface area (Å²) in [5.41, 5.74) is 0. The average molecular weight is 422 g/mol. The molecular weight excluding hydrogens is 370 g/mol. The van der Waals surface area contributed by atoms with Gasteiger partial charge in [0.05, 0.1) is 0 Å². The molecule has 0 radical (unpaired) electrons. The summed E-state index contributed by atoms with van der Waals surface area (Å²) in [5.74, 6) is 0. The molecule has 0 heterocycles. The second-order valence-electron chi connectivity index (χ2n) is 7.74. The van der Waals surface area contributed by atoms with Crippen molar-refractivity contribution in [2.75, 3.05) is 45.9 Å². The van der Waals surface area contributed by atoms with E-state index in [2.05, 4.69) is 58.6 Å². The van der Waals surface area contributed by atoms with E-state index in [4.69, 9.17) is 3.32 Å². The molecule has 0 aromatic heterocycles. The molecule has 0 aromatic carbocycles. The van der Waals surface area contributed by atoms with E-state index in [1.165, 1.54) is 90.6 Å². The van der Waals surface area contributed by atoms with Gasteiger partial charge in [-0.1, -0.05) is 0 Å². The van der Waals surface area contributed by atoms with Gasteiger partial charge in [-0.05, 0) is 0 Å². The van der Waals surface area contributed by atoms with Crippen LogP contribution in [0.5, 0.6) is 0 Å². The third-order valence-electron chi connectivity index (χ3n) is 4.99. The van der Waals surface area contributed by atoms with Crippen molar-refractivity contribution in [1.29, 1.82) is 0 Å². The van der Waals surface area contributed by atoms with Crippen LogP contribution in [0.3, 0.4) is 0 Å². The molecule has 0 rings (SSSR count). The van der Waals surface area contributed by atoms with Gasteiger partial charge in [-0.2, -0.15) is 0 Å². The molecule has 0 aliphatic heterocycles. The molecule has 0 N–H and O–H groups in total. The van der Waals surface area contributed by atoms with Gasteiger partial charge < -0.3 is 0 Å². The van der Waals surface area contributed by atoms with Gasteiger partial charge in [-0.15, -0.1) is 0 Å². The Hall–Kier alpha value is 0.554. The van der Waals surface area contributed by atoms with Gasteiger partial charge in [0.15, 0.2) is 0 Å². The fraction of sp³-hybridized carbons (Fsp3) is 1.00. The molecule has 0 saturated heterocycles. The second-order valence-corrected chi connectivity index (χ2v) is 12.9. The Kier molecular flexibility index (Phi) is 17.8. The number of rotatable bonds is 19. The van der Waals surface area contributed by atoms with E-state index < -0.39 is 17.7 Å². The average Bonchev–Trinajstić information content (AvgIpc) is 2.65. The first kappa shape index (κ1) is 27.6. The molecule has 0 unspecified atom stereocenters. The van der Waals surface area contributed by atoms with Crippen LogP contribution in [0.1, 0.15) is 99.8 Å². The van der Waals surface area contributed by atoms with Crippen LogP contribution in [0.2, 0.25) is 0 Å². The van der Waals surface area contributed by atoms with E-state index in [1.54, 1.807) is 0 Å². The summed E-state index contributed by atoms with van der Waals surface area (Å²) in [6, 6.07) is 0. The second kappa shape index (κ2) is 17.4. The Morgan fingerprint density at radius 2 is 0.778 bits per heavy atom. The fourth-order valence-electron chi connectivity index (χ4n) is 4.06. The molecule has 0 bridgehead atoms. The zero-order chi connectivity index (χ0) is 20.5. The van der Waals surface area contributed by atoms with Crippen molar-refractivity contribution < 1.29 is 21.1 Å². The molecule has 0 saturated carbocycles. The maximum atomic E-state index is 7.14. The first-order valence-corrected chi connectivity index (χ1v) is 14.7. The molecule has 0 aromatic rings. The first-order chi connectivity index (χ1) is 13.1. The zero-order valence-electron chi connectivity index (χ0n) is 19.9. The third kappa shape index (κ3) is 8.84. The van der Waals surface area contributed by atoms with E-state index in [1.807, 2.05) is 0 Å². The summed E-state index contributed by atoms with van der Waals surface area (Å²) in [6.07, 6.45) is 9.65. The van der Waals surface area contributed by atoms with Crippen LogP contribution >= 0.6 is 0 Å². The monoisotopic (exact) mass is 421 g/mol. The van der Waals surface area contributed by atoms with Gasteiger partial charge in [0.25, 0.3) is 0 Å². The molecule has 0 amide bonds. The zero-order valence-corrected chi connectivity index (χ0v) is 21.4. The molecule has 0 atom stereocenters. The van der Waals surface area contributed by atoms with E-state index in [0.29, 0.717) is 0 Å². The first-order valence-electron chi connectivity index (χ1n) is 12.0. The van der Waals surface area contributed by atoms with Crippen LogP contribution in [-0.2, 0) is 21.1 Å². The number of unbranched alkanes of at least 4 members (excludes halogenated alkanes) is 1. The Morgan fingerprint density at radius 1 is 0.481 bits per heavy atom. The van der Waals surface area contributed by atoms with Crippen molar-refractivity contribution in [2.45, 2.75) is 99.8 Å². The Bertz CT molecular complexity index is 272. The predicted octanol–water partition coefficient (Wildman–Crippen LogP) is 5.98. The Balaban J connectivity index is 6.24. The van der Waals surface area contributed by atoms with E-state index in [-0.39, 0.29) is 0 Å². The molecule has 0 aliphatic rings. The third-order valence-corrected chi connectivity index (χ3v) is 11.9. The summed E-state index contributed by atoms with van der Waals surface area (Å²) >= 11 is -3.03. The summed E-state index contributed by atoms with van der Waals surface area (Å²) in [5, 5.41) is 0. The molecule has 164 valence electrons. The van der Waals surface area contributed by atoms with Crippen molar-refractivity contribution in [3.8, 4) is 0 Å². The van der Waals surface area contributed by atoms with Crippen molar-refractivity contribution >= 4 is 0 Å². The molecule has 5 heteroatoms. The molecular formula is C22H51N3OTi. The summed E-state index contributed by atoms with van der Waals surface area (Å²) in [7, 11) is 0. The Morgan fingerprint density at radius 3 is 1.00 bits per heavy atom. The van der Waals surface area contributed by atoms with Crippen LogP contribution in [0, 0.1) is 0 Å². The minimum absolute atomic E-state index is 0.925. The predicted molar refractivity (Wildman–Crippen MR) is 117 cm³/mol. The van der Waals surface area contributed by atoms with E-state index >= 15 is 0 Å². The van der Waals surface area contributed by atoms with Crippen molar-refractivity contribution in [3.63, 3.8) is 0 Å². The van der Waals surface area contributed by atoms with Gasteiger partial charge in [-0.3, -0.25) is 0 Å². The number of nitrogens with zero attached hydrogens (tertiary/aromatic N) is 3. The van der Waals surface area contributed by atoms with Crippen LogP contribution in [-0.4, -0.2) is 56.0 Å². The van der Waals surface area contributed by atoms with Crippen LogP contribution in [0.15, 0.2) is 0 Å². The van der Waals surface area contributed by atoms with Crippen LogP contribution < -0.4 is 0 Å². The Labute approximate surface area is 176 Å². The molecule has 27 heavy (non-hydrogen) atoms. The normalized spacial score (nSPS) is 12.7. The van der Waals surface area contributed by atoms with Crippen LogP contribution in [0.25, 0.3) is 0 Å². The number of hydrogen-bond acceptors (Lipinski definition) is 4. The summed E-state index contributed by atoms with van der Waals surface area (Å²) in [4.78, 5) is 0. The maximum absolute atomic E-state index is 7.14. The van der Waals surface area contributed by atoms with Gasteiger partial charge in [0.1, 0.15) is 0 Å². The van der Waals surface area contributed by atoms with Crippen LogP contribution in [0.4, 0.5) is 0 Å². The summed E-state index contributed by atoms with van der Waals surface area (Å²) in [6.45, 7) is 24.2. The van der Waals surface area contributed by atoms with E-state index in [9.17, 15) is 0 Å². The van der Waals surface area contributed by atoms with Crippen molar-refractivity contribution in [1.82, 2.24) is 10.1 Å². The van der Waals surface area contributed by atoms with Gasteiger partial charge in [-0.25, -0.2) is 0 Å². The standard InChI is InChI=1S/3C6H14N.C4H9O.Ti/c3*1-3-5-7-6-4-2;1-2-3-4-5;/h3*3-6H2,1-2H3;2-4H2,1H3;/q4*-1;+4. The van der Waals surface area contributed by atoms with Crippen molar-refractivity contribution in [2.24, 2.45) is 0 Å². The number of hydrogen-bond donors (Lipinski definition) is 0. The van der Waals surface area contributed by atoms with Gasteiger partial charge in [0, 0.05) is 0 Å². The molecule has 4 nitrogen and oxygen atoms in total. The molecule has 0 spiro atoms. The van der Waals surface area contributed by atoms with Crippen molar-refractivity contribution in [3.05, 3.63) is 0 Å². The fourth-order valence-corrected chi connectivity index (χ4v) is 12.3. The SMILES string of the molecule is CCCC[O][Ti]([N](CCC)CCC)([N](CCC)CCC)[N](CCC)CCC. The quantitative estimate of drug-likeness (QED) is 0.189. The van der Waals surface area contributed by atoms with Gasteiger partial charge in [0.2, 0.25) is 0 Å². The minimum atomic E-state index is -3.03.